The number of unbranched alkanes of at least 4 members (excludes halogenated alkanes) is 2. The maximum atomic E-state index is 13.3. The third-order valence-corrected chi connectivity index (χ3v) is 6.66. The Morgan fingerprint density at radius 3 is 1.87 bits per heavy atom. The summed E-state index contributed by atoms with van der Waals surface area (Å²) in [6.07, 6.45) is 3.61. The van der Waals surface area contributed by atoms with Gasteiger partial charge in [-0.25, -0.2) is 4.79 Å². The molecule has 0 heterocycles. The largest absolute Gasteiger partial charge is 0.508 e. The monoisotopic (exact) mass is 550 g/mol. The minimum Gasteiger partial charge on any atom is -0.508 e. The first kappa shape index (κ1) is 33.8. The second-order valence-electron chi connectivity index (χ2n) is 9.88. The van der Waals surface area contributed by atoms with Gasteiger partial charge in [-0.15, -0.1) is 0 Å². The zero-order valence-corrected chi connectivity index (χ0v) is 23.0. The van der Waals surface area contributed by atoms with E-state index in [1.54, 1.807) is 19.1 Å². The summed E-state index contributed by atoms with van der Waals surface area (Å²) < 4.78 is 0. The number of nitrogens with two attached hydrogens (primary N) is 3. The van der Waals surface area contributed by atoms with Gasteiger partial charge in [-0.3, -0.25) is 14.4 Å². The summed E-state index contributed by atoms with van der Waals surface area (Å²) in [5, 5.41) is 27.0. The highest BCUT2D eigenvalue weighted by atomic mass is 16.4. The molecule has 1 aromatic rings. The molecule has 12 heteroatoms. The summed E-state index contributed by atoms with van der Waals surface area (Å²) in [5.41, 5.74) is 17.9. The van der Waals surface area contributed by atoms with E-state index in [2.05, 4.69) is 16.0 Å². The van der Waals surface area contributed by atoms with Crippen LogP contribution in [-0.4, -0.2) is 71.2 Å². The third kappa shape index (κ3) is 12.5. The van der Waals surface area contributed by atoms with Gasteiger partial charge in [-0.1, -0.05) is 32.4 Å². The number of carboxylic acids is 1. The highest BCUT2D eigenvalue weighted by Crippen LogP contribution is 2.13. The Morgan fingerprint density at radius 1 is 0.821 bits per heavy atom. The first-order valence-electron chi connectivity index (χ1n) is 13.6. The Balaban J connectivity index is 2.97. The topological polar surface area (TPSA) is 223 Å². The van der Waals surface area contributed by atoms with Crippen molar-refractivity contribution < 1.29 is 29.4 Å². The Morgan fingerprint density at radius 2 is 1.36 bits per heavy atom. The zero-order chi connectivity index (χ0) is 29.4. The van der Waals surface area contributed by atoms with Crippen LogP contribution < -0.4 is 33.2 Å². The highest BCUT2D eigenvalue weighted by molar-refractivity contribution is 5.94. The van der Waals surface area contributed by atoms with E-state index in [9.17, 15) is 29.4 Å². The van der Waals surface area contributed by atoms with E-state index < -0.39 is 47.9 Å². The van der Waals surface area contributed by atoms with Gasteiger partial charge in [0.15, 0.2) is 0 Å². The van der Waals surface area contributed by atoms with Gasteiger partial charge in [0.1, 0.15) is 23.9 Å². The van der Waals surface area contributed by atoms with Gasteiger partial charge >= 0.3 is 5.97 Å². The van der Waals surface area contributed by atoms with E-state index in [1.165, 1.54) is 12.1 Å². The van der Waals surface area contributed by atoms with E-state index >= 15 is 0 Å². The van der Waals surface area contributed by atoms with Crippen molar-refractivity contribution in [2.24, 2.45) is 23.1 Å². The number of phenolic OH excluding ortho intramolecular Hbond substituents is 1. The van der Waals surface area contributed by atoms with Crippen LogP contribution in [0.15, 0.2) is 24.3 Å². The number of carbonyl (C=O) groups excluding carboxylic acids is 3. The quantitative estimate of drug-likeness (QED) is 0.109. The molecule has 12 nitrogen and oxygen atoms in total. The van der Waals surface area contributed by atoms with Crippen LogP contribution >= 0.6 is 0 Å². The van der Waals surface area contributed by atoms with Crippen molar-refractivity contribution in [2.45, 2.75) is 89.4 Å². The molecule has 220 valence electrons. The highest BCUT2D eigenvalue weighted by Gasteiger charge is 2.32. The van der Waals surface area contributed by atoms with E-state index in [0.717, 1.165) is 5.56 Å². The van der Waals surface area contributed by atoms with E-state index in [0.29, 0.717) is 45.2 Å². The van der Waals surface area contributed by atoms with Crippen LogP contribution in [0.1, 0.15) is 64.4 Å². The summed E-state index contributed by atoms with van der Waals surface area (Å²) in [7, 11) is 0. The second-order valence-corrected chi connectivity index (χ2v) is 9.88. The lowest BCUT2D eigenvalue weighted by molar-refractivity contribution is -0.143. The lowest BCUT2D eigenvalue weighted by Gasteiger charge is -2.28. The molecular weight excluding hydrogens is 504 g/mol. The van der Waals surface area contributed by atoms with Crippen LogP contribution in [-0.2, 0) is 25.6 Å². The predicted molar refractivity (Wildman–Crippen MR) is 148 cm³/mol. The number of nitrogens with one attached hydrogen (secondary N) is 3. The second kappa shape index (κ2) is 18.1. The van der Waals surface area contributed by atoms with Crippen LogP contribution in [0.25, 0.3) is 0 Å². The van der Waals surface area contributed by atoms with Gasteiger partial charge in [0.25, 0.3) is 0 Å². The Bertz CT molecular complexity index is 913. The average Bonchev–Trinajstić information content (AvgIpc) is 2.91. The van der Waals surface area contributed by atoms with Crippen molar-refractivity contribution in [1.82, 2.24) is 16.0 Å². The maximum Gasteiger partial charge on any atom is 0.326 e. The fourth-order valence-corrected chi connectivity index (χ4v) is 3.99. The lowest BCUT2D eigenvalue weighted by Crippen LogP contribution is -2.58. The summed E-state index contributed by atoms with van der Waals surface area (Å²) >= 11 is 0. The number of amides is 3. The first-order chi connectivity index (χ1) is 18.5. The molecule has 5 atom stereocenters. The number of hydrogen-bond donors (Lipinski definition) is 8. The van der Waals surface area contributed by atoms with Crippen molar-refractivity contribution >= 4 is 23.7 Å². The van der Waals surface area contributed by atoms with Crippen LogP contribution in [0.5, 0.6) is 5.75 Å². The molecule has 0 radical (unpaired) electrons. The third-order valence-electron chi connectivity index (χ3n) is 6.66. The van der Waals surface area contributed by atoms with Crippen LogP contribution in [0, 0.1) is 5.92 Å². The molecule has 0 saturated heterocycles. The average molecular weight is 551 g/mol. The van der Waals surface area contributed by atoms with E-state index in [-0.39, 0.29) is 30.9 Å². The van der Waals surface area contributed by atoms with Gasteiger partial charge in [0.05, 0.1) is 6.04 Å². The SMILES string of the molecule is CCC(C)C(NC(=O)C(CCCCN)NC(=O)C(N)Cc1ccc(O)cc1)C(=O)NC(CCCCN)C(=O)O. The number of benzene rings is 1. The Hall–Kier alpha value is -3.22. The number of rotatable bonds is 19. The molecule has 0 fully saturated rings. The van der Waals surface area contributed by atoms with Crippen LogP contribution in [0.3, 0.4) is 0 Å². The molecule has 1 aromatic carbocycles. The number of aromatic hydroxyl groups is 1. The molecular formula is C27H46N6O6. The predicted octanol–water partition coefficient (Wildman–Crippen LogP) is 0.105. The zero-order valence-electron chi connectivity index (χ0n) is 23.0. The molecule has 5 unspecified atom stereocenters. The van der Waals surface area contributed by atoms with Gasteiger partial charge in [0, 0.05) is 0 Å². The number of carbonyl (C=O) groups is 4. The molecule has 11 N–H and O–H groups in total. The molecule has 1 rings (SSSR count). The normalized spacial score (nSPS) is 14.9. The van der Waals surface area contributed by atoms with Crippen molar-refractivity contribution in [3.05, 3.63) is 29.8 Å². The standard InChI is InChI=1S/C27H46N6O6/c1-3-17(2)23(26(37)32-22(27(38)39)9-5-7-15-29)33-25(36)21(8-4-6-14-28)31-24(35)20(30)16-18-10-12-19(34)13-11-18/h10-13,17,20-23,34H,3-9,14-16,28-30H2,1-2H3,(H,31,35)(H,32,37)(H,33,36)(H,38,39). The fourth-order valence-electron chi connectivity index (χ4n) is 3.99. The Labute approximate surface area is 230 Å². The molecule has 0 aliphatic heterocycles. The maximum absolute atomic E-state index is 13.3. The van der Waals surface area contributed by atoms with Crippen LogP contribution in [0.2, 0.25) is 0 Å². The number of aliphatic carboxylic acids is 1. The minimum atomic E-state index is -1.16. The number of phenols is 1. The van der Waals surface area contributed by atoms with Crippen LogP contribution in [0.4, 0.5) is 0 Å². The number of hydrogen-bond acceptors (Lipinski definition) is 8. The van der Waals surface area contributed by atoms with Crippen molar-refractivity contribution in [3.63, 3.8) is 0 Å². The van der Waals surface area contributed by atoms with Gasteiger partial charge in [-0.05, 0) is 81.6 Å². The molecule has 0 aliphatic carbocycles. The van der Waals surface area contributed by atoms with Gasteiger partial charge in [-0.2, -0.15) is 0 Å². The van der Waals surface area contributed by atoms with Crippen molar-refractivity contribution in [3.8, 4) is 5.75 Å². The molecule has 3 amide bonds. The summed E-state index contributed by atoms with van der Waals surface area (Å²) in [6, 6.07) is 2.29. The minimum absolute atomic E-state index is 0.0959. The first-order valence-corrected chi connectivity index (χ1v) is 13.6. The van der Waals surface area contributed by atoms with E-state index in [1.807, 2.05) is 6.92 Å². The molecule has 0 aromatic heterocycles. The van der Waals surface area contributed by atoms with Crippen molar-refractivity contribution in [1.29, 1.82) is 0 Å². The molecule has 0 aliphatic rings. The van der Waals surface area contributed by atoms with Gasteiger partial charge in [0.2, 0.25) is 17.7 Å². The van der Waals surface area contributed by atoms with E-state index in [4.69, 9.17) is 17.2 Å². The molecule has 0 bridgehead atoms. The molecule has 0 spiro atoms. The van der Waals surface area contributed by atoms with Gasteiger partial charge < -0.3 is 43.4 Å². The van der Waals surface area contributed by atoms with Crippen molar-refractivity contribution in [2.75, 3.05) is 13.1 Å². The molecule has 39 heavy (non-hydrogen) atoms. The summed E-state index contributed by atoms with van der Waals surface area (Å²) in [6.45, 7) is 4.48. The number of carboxylic acid groups (broad SMARTS) is 1. The smallest absolute Gasteiger partial charge is 0.326 e. The summed E-state index contributed by atoms with van der Waals surface area (Å²) in [5.74, 6) is -3.07. The summed E-state index contributed by atoms with van der Waals surface area (Å²) in [4.78, 5) is 51.0. The fraction of sp³-hybridized carbons (Fsp3) is 0.630. The molecule has 0 saturated carbocycles. The Kier molecular flexibility index (Phi) is 15.7. The lowest BCUT2D eigenvalue weighted by atomic mass is 9.96.